The van der Waals surface area contributed by atoms with Crippen LogP contribution in [0.15, 0.2) is 0 Å². The van der Waals surface area contributed by atoms with Crippen molar-refractivity contribution in [3.05, 3.63) is 0 Å². The Morgan fingerprint density at radius 1 is 0.650 bits per heavy atom. The van der Waals surface area contributed by atoms with Crippen LogP contribution in [0.3, 0.4) is 0 Å². The van der Waals surface area contributed by atoms with Crippen LogP contribution in [-0.4, -0.2) is 45.4 Å². The zero-order valence-electron chi connectivity index (χ0n) is 14.6. The van der Waals surface area contributed by atoms with Gasteiger partial charge in [-0.2, -0.15) is 0 Å². The number of nitrogens with one attached hydrogen (secondary N) is 2. The minimum Gasteiger partial charge on any atom is -0.811 e. The van der Waals surface area contributed by atoms with Gasteiger partial charge in [0.05, 0.1) is 39.3 Å². The molecule has 0 aromatic carbocycles. The molecule has 0 aliphatic rings. The molecule has 0 saturated heterocycles. The molecule has 0 aromatic heterocycles. The van der Waals surface area contributed by atoms with Crippen molar-refractivity contribution in [2.75, 3.05) is 45.4 Å². The van der Waals surface area contributed by atoms with E-state index in [9.17, 15) is 14.4 Å². The van der Waals surface area contributed by atoms with Crippen molar-refractivity contribution in [2.24, 2.45) is 0 Å². The van der Waals surface area contributed by atoms with Gasteiger partial charge in [0, 0.05) is 0 Å². The van der Waals surface area contributed by atoms with Gasteiger partial charge < -0.3 is 24.2 Å². The summed E-state index contributed by atoms with van der Waals surface area (Å²) in [6, 6.07) is 0. The normalized spacial score (nSPS) is 10.8. The second-order valence-corrected chi connectivity index (χ2v) is 6.40. The molecule has 0 atom stereocenters. The summed E-state index contributed by atoms with van der Waals surface area (Å²) < 4.78 is 9.47. The van der Waals surface area contributed by atoms with E-state index in [4.69, 9.17) is 0 Å². The van der Waals surface area contributed by atoms with E-state index >= 15 is 0 Å². The summed E-state index contributed by atoms with van der Waals surface area (Å²) in [7, 11) is -4.15. The molecular weight excluding hydrogens is 275 g/mol. The van der Waals surface area contributed by atoms with Gasteiger partial charge in [0.2, 0.25) is 0 Å². The van der Waals surface area contributed by atoms with Crippen LogP contribution in [0.25, 0.3) is 0 Å². The number of rotatable bonds is 7. The Kier molecular flexibility index (Phi) is 21.4. The molecule has 0 radical (unpaired) electrons. The van der Waals surface area contributed by atoms with E-state index in [1.54, 1.807) is 9.80 Å². The molecule has 5 nitrogen and oxygen atoms in total. The number of hydrogen-bond acceptors (Lipinski definition) is 3. The van der Waals surface area contributed by atoms with Crippen molar-refractivity contribution in [3.63, 3.8) is 0 Å². The molecule has 20 heavy (non-hydrogen) atoms. The highest BCUT2D eigenvalue weighted by molar-refractivity contribution is 7.48. The van der Waals surface area contributed by atoms with Crippen LogP contribution in [-0.2, 0) is 4.57 Å². The average Bonchev–Trinajstić information content (AvgIpc) is 2.43. The maximum absolute atomic E-state index is 9.47. The molecule has 0 aromatic rings. The highest BCUT2D eigenvalue weighted by Gasteiger charge is 1.93. The van der Waals surface area contributed by atoms with E-state index in [-0.39, 0.29) is 6.16 Å². The molecule has 0 heterocycles. The highest BCUT2D eigenvalue weighted by Crippen LogP contribution is 2.19. The summed E-state index contributed by atoms with van der Waals surface area (Å²) in [5.74, 6) is 0. The summed E-state index contributed by atoms with van der Waals surface area (Å²) in [6.45, 7) is 22.3. The van der Waals surface area contributed by atoms with Crippen LogP contribution >= 0.6 is 7.60 Å². The summed E-state index contributed by atoms with van der Waals surface area (Å²) in [5.41, 5.74) is 0. The molecule has 6 heteroatoms. The molecule has 0 fully saturated rings. The van der Waals surface area contributed by atoms with Crippen molar-refractivity contribution in [2.45, 2.75) is 48.5 Å². The van der Waals surface area contributed by atoms with Crippen molar-refractivity contribution in [1.29, 1.82) is 0 Å². The fourth-order valence-corrected chi connectivity index (χ4v) is 1.50. The highest BCUT2D eigenvalue weighted by atomic mass is 31.2. The second kappa shape index (κ2) is 17.1. The Morgan fingerprint density at radius 2 is 0.800 bits per heavy atom. The predicted octanol–water partition coefficient (Wildman–Crippen LogP) is -1.22. The zero-order valence-corrected chi connectivity index (χ0v) is 15.5. The van der Waals surface area contributed by atoms with Gasteiger partial charge in [-0.3, -0.25) is 0 Å². The first-order chi connectivity index (χ1) is 9.25. The fraction of sp³-hybridized carbons (Fsp3) is 1.00. The topological polar surface area (TPSA) is 72.1 Å². The van der Waals surface area contributed by atoms with Gasteiger partial charge in [0.1, 0.15) is 0 Å². The van der Waals surface area contributed by atoms with Gasteiger partial charge >= 0.3 is 0 Å². The Morgan fingerprint density at radius 3 is 0.800 bits per heavy atom. The summed E-state index contributed by atoms with van der Waals surface area (Å²) >= 11 is 0. The fourth-order valence-electron chi connectivity index (χ4n) is 1.50. The molecule has 126 valence electrons. The second-order valence-electron chi connectivity index (χ2n) is 4.55. The molecule has 0 bridgehead atoms. The molecule has 0 rings (SSSR count). The standard InChI is InChI=1S/2C6H15N.C2H7O3P/c2*1-4-7(5-2)6-3;1-2-6(3,4)5/h2*4-6H2,1-3H3;2H2,1H3,(H2,3,4,5). The van der Waals surface area contributed by atoms with Crippen molar-refractivity contribution in [3.8, 4) is 0 Å². The van der Waals surface area contributed by atoms with Crippen LogP contribution in [0.1, 0.15) is 48.5 Å². The quantitative estimate of drug-likeness (QED) is 0.579. The Balaban J connectivity index is -0.000000218. The monoisotopic (exact) mass is 312 g/mol. The minimum atomic E-state index is -4.15. The zero-order chi connectivity index (χ0) is 16.6. The van der Waals surface area contributed by atoms with Gasteiger partial charge in [-0.05, 0) is 47.7 Å². The number of hydrogen-bond donors (Lipinski definition) is 2. The van der Waals surface area contributed by atoms with Gasteiger partial charge in [0.25, 0.3) is 0 Å². The van der Waals surface area contributed by atoms with Gasteiger partial charge in [-0.15, -0.1) is 0 Å². The third-order valence-corrected chi connectivity index (χ3v) is 4.16. The summed E-state index contributed by atoms with van der Waals surface area (Å²) in [5, 5.41) is 0. The smallest absolute Gasteiger partial charge is 0.0742 e. The lowest BCUT2D eigenvalue weighted by molar-refractivity contribution is -0.894. The van der Waals surface area contributed by atoms with Gasteiger partial charge in [-0.1, -0.05) is 14.5 Å². The molecule has 2 N–H and O–H groups in total. The van der Waals surface area contributed by atoms with Gasteiger partial charge in [0.15, 0.2) is 0 Å². The summed E-state index contributed by atoms with van der Waals surface area (Å²) in [4.78, 5) is 22.3. The van der Waals surface area contributed by atoms with Crippen LogP contribution in [0.4, 0.5) is 0 Å². The third kappa shape index (κ3) is 23.2. The summed E-state index contributed by atoms with van der Waals surface area (Å²) in [6.07, 6.45) is -0.285. The molecule has 0 unspecified atom stereocenters. The van der Waals surface area contributed by atoms with Crippen LogP contribution < -0.4 is 19.6 Å². The van der Waals surface area contributed by atoms with Crippen molar-refractivity contribution in [1.82, 2.24) is 0 Å². The van der Waals surface area contributed by atoms with E-state index in [0.717, 1.165) is 0 Å². The van der Waals surface area contributed by atoms with Crippen LogP contribution in [0.5, 0.6) is 0 Å². The van der Waals surface area contributed by atoms with E-state index in [1.807, 2.05) is 0 Å². The Bertz CT molecular complexity index is 191. The van der Waals surface area contributed by atoms with E-state index in [1.165, 1.54) is 46.2 Å². The van der Waals surface area contributed by atoms with E-state index in [2.05, 4.69) is 41.5 Å². The van der Waals surface area contributed by atoms with E-state index < -0.39 is 7.60 Å². The van der Waals surface area contributed by atoms with E-state index in [0.29, 0.717) is 0 Å². The van der Waals surface area contributed by atoms with Crippen LogP contribution in [0, 0.1) is 0 Å². The predicted molar refractivity (Wildman–Crippen MR) is 83.3 cm³/mol. The maximum Gasteiger partial charge on any atom is 0.0742 e. The Labute approximate surface area is 126 Å². The SMILES string of the molecule is CCP(=O)([O-])[O-].CC[NH+](CC)CC.CC[NH+](CC)CC. The Hall–Kier alpha value is 0.0700. The molecular formula is C14H37N2O3P. The molecule has 0 aliphatic carbocycles. The first-order valence-electron chi connectivity index (χ1n) is 7.94. The lowest BCUT2D eigenvalue weighted by Gasteiger charge is -2.26. The van der Waals surface area contributed by atoms with Crippen molar-refractivity contribution >= 4 is 7.60 Å². The minimum absolute atomic E-state index is 0.285. The molecule has 0 aliphatic heterocycles. The first-order valence-corrected chi connectivity index (χ1v) is 9.66. The van der Waals surface area contributed by atoms with Crippen LogP contribution in [0.2, 0.25) is 0 Å². The molecule has 0 saturated carbocycles. The molecule has 0 amide bonds. The lowest BCUT2D eigenvalue weighted by Crippen LogP contribution is -3.11. The maximum atomic E-state index is 9.47. The first kappa shape index (κ1) is 25.0. The van der Waals surface area contributed by atoms with Crippen molar-refractivity contribution < 1.29 is 24.2 Å². The third-order valence-electron chi connectivity index (χ3n) is 3.39. The number of quaternary nitrogens is 2. The lowest BCUT2D eigenvalue weighted by atomic mass is 10.5. The average molecular weight is 312 g/mol. The largest absolute Gasteiger partial charge is 0.811 e. The van der Waals surface area contributed by atoms with Gasteiger partial charge in [-0.25, -0.2) is 0 Å². The molecule has 0 spiro atoms.